The van der Waals surface area contributed by atoms with Gasteiger partial charge in [-0.2, -0.15) is 4.68 Å². The van der Waals surface area contributed by atoms with Gasteiger partial charge in [-0.25, -0.2) is 4.79 Å². The van der Waals surface area contributed by atoms with Crippen LogP contribution >= 0.6 is 11.3 Å². The van der Waals surface area contributed by atoms with Gasteiger partial charge in [-0.05, 0) is 46.0 Å². The number of fused-ring (bicyclic) bond motifs is 1. The summed E-state index contributed by atoms with van der Waals surface area (Å²) in [5.41, 5.74) is 5.63. The van der Waals surface area contributed by atoms with Crippen LogP contribution in [0.5, 0.6) is 0 Å². The molecule has 3 aliphatic rings. The lowest BCUT2D eigenvalue weighted by molar-refractivity contribution is -0.121. The maximum absolute atomic E-state index is 12.6. The van der Waals surface area contributed by atoms with Crippen molar-refractivity contribution in [2.24, 2.45) is 5.92 Å². The number of rotatable bonds is 6. The van der Waals surface area contributed by atoms with Gasteiger partial charge in [0.1, 0.15) is 0 Å². The third-order valence-corrected chi connectivity index (χ3v) is 7.73. The summed E-state index contributed by atoms with van der Waals surface area (Å²) in [6, 6.07) is 21.1. The molecule has 3 aliphatic carbocycles. The summed E-state index contributed by atoms with van der Waals surface area (Å²) < 4.78 is 6.45. The summed E-state index contributed by atoms with van der Waals surface area (Å²) >= 11 is 1.45. The molecule has 1 amide bonds. The third-order valence-electron chi connectivity index (χ3n) is 6.87. The molecular weight excluding hydrogens is 434 g/mol. The van der Waals surface area contributed by atoms with E-state index >= 15 is 0 Å². The highest BCUT2D eigenvalue weighted by Gasteiger charge is 2.42. The number of hydrogen-bond acceptors (Lipinski definition) is 5. The number of amides is 1. The fraction of sp³-hybridized carbons (Fsp3) is 0.269. The zero-order valence-electron chi connectivity index (χ0n) is 17.9. The molecule has 7 heteroatoms. The van der Waals surface area contributed by atoms with Crippen LogP contribution in [0.2, 0.25) is 0 Å². The van der Waals surface area contributed by atoms with Crippen molar-refractivity contribution in [3.05, 3.63) is 98.8 Å². The Bertz CT molecular complexity index is 1320. The molecule has 7 rings (SSSR count). The Morgan fingerprint density at radius 3 is 2.39 bits per heavy atom. The zero-order valence-corrected chi connectivity index (χ0v) is 18.8. The molecule has 0 fully saturated rings. The second-order valence-corrected chi connectivity index (χ2v) is 9.66. The molecule has 1 unspecified atom stereocenters. The van der Waals surface area contributed by atoms with Crippen LogP contribution in [-0.4, -0.2) is 22.2 Å². The molecular formula is C26H23N3O3S. The molecule has 2 aromatic heterocycles. The number of thiophene rings is 1. The predicted molar refractivity (Wildman–Crippen MR) is 126 cm³/mol. The standard InChI is InChI=1S/C26H23N3O3S/c30-23(11-12-29-26(31)32-25(28-29)22-10-5-13-33-22)27-15-16-14-21-17-6-1-3-8-19(17)24(16)20-9-4-2-7-18(20)21/h1-10,13,16,21,24H,11-12,14-15H2,(H,27,30). The van der Waals surface area contributed by atoms with Crippen molar-refractivity contribution in [3.8, 4) is 10.8 Å². The smallest absolute Gasteiger partial charge is 0.387 e. The number of nitrogens with one attached hydrogen (secondary N) is 1. The Kier molecular flexibility index (Phi) is 4.99. The lowest BCUT2D eigenvalue weighted by Crippen LogP contribution is -2.39. The van der Waals surface area contributed by atoms with Crippen LogP contribution in [0.25, 0.3) is 10.8 Å². The van der Waals surface area contributed by atoms with Crippen LogP contribution in [0.3, 0.4) is 0 Å². The predicted octanol–water partition coefficient (Wildman–Crippen LogP) is 4.37. The highest BCUT2D eigenvalue weighted by molar-refractivity contribution is 7.13. The van der Waals surface area contributed by atoms with E-state index in [1.807, 2.05) is 17.5 Å². The van der Waals surface area contributed by atoms with Gasteiger partial charge in [0.2, 0.25) is 5.91 Å². The molecule has 6 nitrogen and oxygen atoms in total. The maximum atomic E-state index is 12.6. The molecule has 2 heterocycles. The normalized spacial score (nSPS) is 20.3. The first-order valence-corrected chi connectivity index (χ1v) is 12.1. The summed E-state index contributed by atoms with van der Waals surface area (Å²) in [6.45, 7) is 0.818. The summed E-state index contributed by atoms with van der Waals surface area (Å²) in [6.07, 6.45) is 1.22. The van der Waals surface area contributed by atoms with E-state index < -0.39 is 5.76 Å². The van der Waals surface area contributed by atoms with Crippen LogP contribution in [0, 0.1) is 5.92 Å². The molecule has 2 aromatic carbocycles. The first-order valence-electron chi connectivity index (χ1n) is 11.2. The van der Waals surface area contributed by atoms with Gasteiger partial charge < -0.3 is 9.73 Å². The van der Waals surface area contributed by atoms with Crippen molar-refractivity contribution >= 4 is 17.2 Å². The van der Waals surface area contributed by atoms with Crippen LogP contribution < -0.4 is 11.1 Å². The molecule has 0 saturated heterocycles. The van der Waals surface area contributed by atoms with Crippen LogP contribution in [-0.2, 0) is 11.3 Å². The van der Waals surface area contributed by atoms with E-state index in [0.29, 0.717) is 30.2 Å². The lowest BCUT2D eigenvalue weighted by atomic mass is 9.59. The van der Waals surface area contributed by atoms with E-state index in [-0.39, 0.29) is 18.9 Å². The third kappa shape index (κ3) is 3.53. The SMILES string of the molecule is O=C(CCn1nc(-c2cccs2)oc1=O)NCC1CC2c3ccccc3C1c1ccccc12. The Labute approximate surface area is 194 Å². The van der Waals surface area contributed by atoms with Crippen molar-refractivity contribution < 1.29 is 9.21 Å². The lowest BCUT2D eigenvalue weighted by Gasteiger charge is -2.45. The minimum atomic E-state index is -0.538. The van der Waals surface area contributed by atoms with Crippen LogP contribution in [0.4, 0.5) is 0 Å². The average Bonchev–Trinajstić information content (AvgIpc) is 3.51. The molecule has 0 saturated carbocycles. The van der Waals surface area contributed by atoms with Gasteiger partial charge in [0.05, 0.1) is 11.4 Å². The second-order valence-electron chi connectivity index (χ2n) is 8.71. The zero-order chi connectivity index (χ0) is 22.4. The van der Waals surface area contributed by atoms with Crippen molar-refractivity contribution in [2.45, 2.75) is 31.2 Å². The fourth-order valence-electron chi connectivity index (χ4n) is 5.45. The van der Waals surface area contributed by atoms with E-state index in [9.17, 15) is 9.59 Å². The summed E-state index contributed by atoms with van der Waals surface area (Å²) in [5, 5.41) is 9.23. The first-order chi connectivity index (χ1) is 16.2. The number of nitrogens with zero attached hydrogens (tertiary/aromatic N) is 2. The highest BCUT2D eigenvalue weighted by Crippen LogP contribution is 2.55. The molecule has 33 heavy (non-hydrogen) atoms. The number of aromatic nitrogens is 2. The first kappa shape index (κ1) is 20.2. The Hall–Kier alpha value is -3.45. The highest BCUT2D eigenvalue weighted by atomic mass is 32.1. The van der Waals surface area contributed by atoms with E-state index in [0.717, 1.165) is 11.3 Å². The van der Waals surface area contributed by atoms with Gasteiger partial charge in [-0.15, -0.1) is 16.4 Å². The van der Waals surface area contributed by atoms with Crippen molar-refractivity contribution in [1.82, 2.24) is 15.1 Å². The topological polar surface area (TPSA) is 77.1 Å². The molecule has 1 atom stereocenters. The molecule has 1 N–H and O–H groups in total. The van der Waals surface area contributed by atoms with Gasteiger partial charge in [0.15, 0.2) is 0 Å². The monoisotopic (exact) mass is 457 g/mol. The quantitative estimate of drug-likeness (QED) is 0.467. The van der Waals surface area contributed by atoms with E-state index in [2.05, 4.69) is 58.9 Å². The Morgan fingerprint density at radius 2 is 1.73 bits per heavy atom. The second kappa shape index (κ2) is 8.15. The van der Waals surface area contributed by atoms with Crippen molar-refractivity contribution in [3.63, 3.8) is 0 Å². The van der Waals surface area contributed by atoms with E-state index in [1.54, 1.807) is 0 Å². The number of aryl methyl sites for hydroxylation is 1. The van der Waals surface area contributed by atoms with Gasteiger partial charge in [0, 0.05) is 24.8 Å². The largest absolute Gasteiger partial charge is 0.437 e. The van der Waals surface area contributed by atoms with Crippen LogP contribution in [0.15, 0.2) is 75.3 Å². The maximum Gasteiger partial charge on any atom is 0.437 e. The summed E-state index contributed by atoms with van der Waals surface area (Å²) in [7, 11) is 0. The molecule has 166 valence electrons. The van der Waals surface area contributed by atoms with E-state index in [1.165, 1.54) is 38.3 Å². The summed E-state index contributed by atoms with van der Waals surface area (Å²) in [4.78, 5) is 25.5. The Morgan fingerprint density at radius 1 is 1.03 bits per heavy atom. The molecule has 2 bridgehead atoms. The number of carbonyl (C=O) groups excluding carboxylic acids is 1. The molecule has 4 aromatic rings. The number of carbonyl (C=O) groups is 1. The minimum absolute atomic E-state index is 0.0782. The van der Waals surface area contributed by atoms with Crippen molar-refractivity contribution in [1.29, 1.82) is 0 Å². The van der Waals surface area contributed by atoms with Gasteiger partial charge in [0.25, 0.3) is 5.89 Å². The minimum Gasteiger partial charge on any atom is -0.387 e. The van der Waals surface area contributed by atoms with Gasteiger partial charge >= 0.3 is 5.76 Å². The van der Waals surface area contributed by atoms with Gasteiger partial charge in [-0.1, -0.05) is 54.6 Å². The average molecular weight is 458 g/mol. The summed E-state index contributed by atoms with van der Waals surface area (Å²) in [5.74, 6) is 0.715. The number of benzene rings is 2. The molecule has 0 aliphatic heterocycles. The number of hydrogen-bond donors (Lipinski definition) is 1. The molecule has 0 spiro atoms. The fourth-order valence-corrected chi connectivity index (χ4v) is 6.09. The van der Waals surface area contributed by atoms with Gasteiger partial charge in [-0.3, -0.25) is 4.79 Å². The van der Waals surface area contributed by atoms with E-state index in [4.69, 9.17) is 4.42 Å². The molecule has 0 radical (unpaired) electrons. The van der Waals surface area contributed by atoms with Crippen molar-refractivity contribution in [2.75, 3.05) is 6.54 Å². The Balaban J connectivity index is 1.13. The van der Waals surface area contributed by atoms with Crippen LogP contribution in [0.1, 0.15) is 46.9 Å².